The minimum absolute atomic E-state index is 0.189. The number of hydrogen-bond donors (Lipinski definition) is 2. The Labute approximate surface area is 205 Å². The van der Waals surface area contributed by atoms with Crippen molar-refractivity contribution in [1.82, 2.24) is 19.4 Å². The summed E-state index contributed by atoms with van der Waals surface area (Å²) in [6, 6.07) is 15.1. The fourth-order valence-electron chi connectivity index (χ4n) is 3.63. The summed E-state index contributed by atoms with van der Waals surface area (Å²) in [7, 11) is 0. The van der Waals surface area contributed by atoms with E-state index in [4.69, 9.17) is 11.6 Å². The van der Waals surface area contributed by atoms with E-state index in [-0.39, 0.29) is 5.82 Å². The van der Waals surface area contributed by atoms with Crippen LogP contribution in [0.15, 0.2) is 67.3 Å². The van der Waals surface area contributed by atoms with Crippen LogP contribution in [0.3, 0.4) is 0 Å². The molecule has 1 amide bonds. The fourth-order valence-corrected chi connectivity index (χ4v) is 3.78. The van der Waals surface area contributed by atoms with E-state index in [1.54, 1.807) is 0 Å². The van der Waals surface area contributed by atoms with Crippen LogP contribution in [-0.2, 0) is 11.3 Å². The largest absolute Gasteiger partial charge is 0.364 e. The molecule has 0 saturated heterocycles. The van der Waals surface area contributed by atoms with Crippen LogP contribution >= 0.6 is 11.6 Å². The summed E-state index contributed by atoms with van der Waals surface area (Å²) in [6.07, 6.45) is 7.45. The van der Waals surface area contributed by atoms with E-state index >= 15 is 0 Å². The minimum Gasteiger partial charge on any atom is -0.364 e. The molecule has 0 radical (unpaired) electrons. The van der Waals surface area contributed by atoms with Crippen molar-refractivity contribution < 1.29 is 13.6 Å². The lowest BCUT2D eigenvalue weighted by molar-refractivity contribution is -0.119. The van der Waals surface area contributed by atoms with E-state index in [1.165, 1.54) is 30.8 Å². The molecule has 7 nitrogen and oxygen atoms in total. The van der Waals surface area contributed by atoms with Gasteiger partial charge in [-0.2, -0.15) is 0 Å². The predicted molar refractivity (Wildman–Crippen MR) is 130 cm³/mol. The number of halogens is 3. The molecule has 0 aliphatic heterocycles. The lowest BCUT2D eigenvalue weighted by atomic mass is 10.2. The second-order valence-corrected chi connectivity index (χ2v) is 9.12. The molecular weight excluding hydrogens is 474 g/mol. The molecule has 2 fully saturated rings. The third-order valence-corrected chi connectivity index (χ3v) is 6.07. The van der Waals surface area contributed by atoms with Crippen LogP contribution in [0.4, 0.5) is 20.4 Å². The van der Waals surface area contributed by atoms with Crippen molar-refractivity contribution in [3.63, 3.8) is 0 Å². The van der Waals surface area contributed by atoms with Gasteiger partial charge in [0.05, 0.1) is 12.2 Å². The first-order valence-corrected chi connectivity index (χ1v) is 11.7. The maximum absolute atomic E-state index is 13.0. The number of carbonyl (C=O) groups excluding carboxylic acids is 1. The van der Waals surface area contributed by atoms with Gasteiger partial charge in [0.2, 0.25) is 5.91 Å². The van der Waals surface area contributed by atoms with E-state index in [1.807, 2.05) is 47.0 Å². The number of carbonyl (C=O) groups is 1. The first-order valence-electron chi connectivity index (χ1n) is 11.3. The lowest BCUT2D eigenvalue weighted by Crippen LogP contribution is -2.18. The summed E-state index contributed by atoms with van der Waals surface area (Å²) >= 11 is 5.54. The van der Waals surface area contributed by atoms with Gasteiger partial charge in [0.1, 0.15) is 29.5 Å². The van der Waals surface area contributed by atoms with Gasteiger partial charge in [0.25, 0.3) is 5.92 Å². The van der Waals surface area contributed by atoms with Gasteiger partial charge in [0.15, 0.2) is 0 Å². The van der Waals surface area contributed by atoms with E-state index in [9.17, 15) is 13.6 Å². The zero-order chi connectivity index (χ0) is 24.4. The molecule has 2 aliphatic carbocycles. The Morgan fingerprint density at radius 3 is 2.49 bits per heavy atom. The maximum Gasteiger partial charge on any atom is 0.260 e. The third-order valence-electron chi connectivity index (χ3n) is 5.82. The molecule has 1 aromatic carbocycles. The molecule has 2 N–H and O–H groups in total. The molecule has 35 heavy (non-hydrogen) atoms. The number of amides is 1. The zero-order valence-corrected chi connectivity index (χ0v) is 19.4. The van der Waals surface area contributed by atoms with Crippen molar-refractivity contribution in [2.75, 3.05) is 10.6 Å². The monoisotopic (exact) mass is 496 g/mol. The number of aromatic nitrogens is 4. The summed E-state index contributed by atoms with van der Waals surface area (Å²) in [4.78, 5) is 24.4. The molecule has 4 aromatic rings. The highest BCUT2D eigenvalue weighted by Crippen LogP contribution is 2.49. The molecule has 0 spiro atoms. The summed E-state index contributed by atoms with van der Waals surface area (Å²) in [5, 5.41) is 6.33. The van der Waals surface area contributed by atoms with Crippen molar-refractivity contribution in [2.24, 2.45) is 5.92 Å². The van der Waals surface area contributed by atoms with Gasteiger partial charge in [-0.1, -0.05) is 35.9 Å². The van der Waals surface area contributed by atoms with Gasteiger partial charge >= 0.3 is 0 Å². The third kappa shape index (κ3) is 5.92. The van der Waals surface area contributed by atoms with Crippen molar-refractivity contribution in [1.29, 1.82) is 0 Å². The van der Waals surface area contributed by atoms with Crippen molar-refractivity contribution in [3.8, 4) is 0 Å². The van der Waals surface area contributed by atoms with Crippen LogP contribution < -0.4 is 10.6 Å². The number of hydrogen-bond acceptors (Lipinski definition) is 5. The van der Waals surface area contributed by atoms with Gasteiger partial charge in [0, 0.05) is 29.9 Å². The fraction of sp³-hybridized carbons (Fsp3) is 0.280. The zero-order valence-electron chi connectivity index (χ0n) is 18.7. The lowest BCUT2D eigenvalue weighted by Gasteiger charge is -2.06. The highest BCUT2D eigenvalue weighted by molar-refractivity contribution is 6.30. The molecule has 3 heterocycles. The van der Waals surface area contributed by atoms with E-state index < -0.39 is 24.2 Å². The number of alkyl halides is 2. The Bertz CT molecular complexity index is 1340. The topological polar surface area (TPSA) is 84.2 Å². The number of nitrogens with zero attached hydrogens (tertiary/aromatic N) is 4. The van der Waals surface area contributed by atoms with Gasteiger partial charge in [-0.15, -0.1) is 0 Å². The Kier molecular flexibility index (Phi) is 6.34. The molecule has 6 rings (SSSR count). The first kappa shape index (κ1) is 23.2. The smallest absolute Gasteiger partial charge is 0.260 e. The van der Waals surface area contributed by atoms with E-state index in [2.05, 4.69) is 37.8 Å². The van der Waals surface area contributed by atoms with Crippen molar-refractivity contribution in [3.05, 3.63) is 83.5 Å². The molecule has 180 valence electrons. The number of nitrogens with one attached hydrogen (secondary N) is 2. The summed E-state index contributed by atoms with van der Waals surface area (Å²) in [5.41, 5.74) is 3.05. The molecule has 2 saturated carbocycles. The van der Waals surface area contributed by atoms with Crippen LogP contribution in [0.2, 0.25) is 5.02 Å². The molecule has 1 unspecified atom stereocenters. The van der Waals surface area contributed by atoms with Crippen LogP contribution in [0.25, 0.3) is 5.65 Å². The van der Waals surface area contributed by atoms with Crippen molar-refractivity contribution in [2.45, 2.75) is 37.6 Å². The average Bonchev–Trinajstić information content (AvgIpc) is 3.75. The summed E-state index contributed by atoms with van der Waals surface area (Å²) < 4.78 is 28.0. The quantitative estimate of drug-likeness (QED) is 0.366. The van der Waals surface area contributed by atoms with E-state index in [0.29, 0.717) is 18.3 Å². The second kappa shape index (κ2) is 9.58. The molecule has 10 heteroatoms. The summed E-state index contributed by atoms with van der Waals surface area (Å²) in [5.74, 6) is -3.55. The maximum atomic E-state index is 13.0. The molecule has 3 aromatic heterocycles. The Hall–Kier alpha value is -3.59. The minimum atomic E-state index is -2.90. The number of anilines is 2. The standard InChI is InChI=1S/C19H18F2N6O.C6H5Cl/c20-19(21)6-14(19)18(28)26-16-5-15(23-10-24-16)22-7-13-9-27-8-12(11-1-2-11)3-4-17(27)25-13;7-6-4-2-1-3-5-6/h3-5,8-11,14H,1-2,6-7H2,(H2,22,23,24,26,28);1-5H. The predicted octanol–water partition coefficient (Wildman–Crippen LogP) is 5.55. The number of rotatable bonds is 6. The number of imidazole rings is 1. The SMILES string of the molecule is Clc1ccccc1.O=C(Nc1cc(NCc2cn3cc(C4CC4)ccc3n2)ncn1)C1CC1(F)F. The van der Waals surface area contributed by atoms with Crippen LogP contribution in [0.5, 0.6) is 0 Å². The van der Waals surface area contributed by atoms with Gasteiger partial charge in [-0.05, 0) is 42.5 Å². The number of benzene rings is 1. The second-order valence-electron chi connectivity index (χ2n) is 8.68. The van der Waals surface area contributed by atoms with Crippen molar-refractivity contribution >= 4 is 34.8 Å². The number of pyridine rings is 1. The van der Waals surface area contributed by atoms with Gasteiger partial charge in [-0.25, -0.2) is 23.7 Å². The van der Waals surface area contributed by atoms with Crippen LogP contribution in [0.1, 0.15) is 36.4 Å². The molecule has 0 bridgehead atoms. The molecular formula is C25H23ClF2N6O. The first-order chi connectivity index (χ1) is 16.9. The average molecular weight is 497 g/mol. The Morgan fingerprint density at radius 1 is 1.09 bits per heavy atom. The number of fused-ring (bicyclic) bond motifs is 1. The Balaban J connectivity index is 0.000000313. The summed E-state index contributed by atoms with van der Waals surface area (Å²) in [6.45, 7) is 0.436. The van der Waals surface area contributed by atoms with Gasteiger partial charge < -0.3 is 15.0 Å². The molecule has 1 atom stereocenters. The highest BCUT2D eigenvalue weighted by atomic mass is 35.5. The molecule has 2 aliphatic rings. The Morgan fingerprint density at radius 2 is 1.83 bits per heavy atom. The van der Waals surface area contributed by atoms with Crippen LogP contribution in [-0.4, -0.2) is 31.2 Å². The van der Waals surface area contributed by atoms with E-state index in [0.717, 1.165) is 16.4 Å². The van der Waals surface area contributed by atoms with Gasteiger partial charge in [-0.3, -0.25) is 4.79 Å². The van der Waals surface area contributed by atoms with Crippen LogP contribution in [0, 0.1) is 5.92 Å². The normalized spacial score (nSPS) is 17.9. The highest BCUT2D eigenvalue weighted by Gasteiger charge is 2.61.